The maximum absolute atomic E-state index is 14.0. The average Bonchev–Trinajstić information content (AvgIpc) is 3.51. The quantitative estimate of drug-likeness (QED) is 0.288. The van der Waals surface area contributed by atoms with Gasteiger partial charge in [-0.3, -0.25) is 4.79 Å². The molecule has 1 atom stereocenters. The summed E-state index contributed by atoms with van der Waals surface area (Å²) in [7, 11) is 0. The van der Waals surface area contributed by atoms with Gasteiger partial charge in [-0.1, -0.05) is 18.0 Å². The second kappa shape index (κ2) is 10.0. The summed E-state index contributed by atoms with van der Waals surface area (Å²) in [5.41, 5.74) is 0.594. The van der Waals surface area contributed by atoms with E-state index in [-0.39, 0.29) is 10.6 Å². The number of hydrogen-bond donors (Lipinski definition) is 3. The van der Waals surface area contributed by atoms with Crippen LogP contribution < -0.4 is 16.0 Å². The summed E-state index contributed by atoms with van der Waals surface area (Å²) in [6.07, 6.45) is 7.73. The Labute approximate surface area is 201 Å². The first-order chi connectivity index (χ1) is 15.0. The number of nitrogens with one attached hydrogen (secondary N) is 3. The lowest BCUT2D eigenvalue weighted by Crippen LogP contribution is -2.37. The number of carbonyl (C=O) groups is 1. The Bertz CT molecular complexity index is 953. The summed E-state index contributed by atoms with van der Waals surface area (Å²) in [6.45, 7) is 3.18. The highest BCUT2D eigenvalue weighted by Crippen LogP contribution is 2.57. The van der Waals surface area contributed by atoms with Gasteiger partial charge in [0, 0.05) is 11.6 Å². The number of carbonyl (C=O) groups excluding carboxylic acids is 1. The third-order valence-electron chi connectivity index (χ3n) is 6.48. The standard InChI is InChI=1S/C23H27ClFIN4O/c24-16-4-5-17(18(25)13-16)22(31)30-20-7-6-19(26)21(29-20)28-11-2-1-3-15-14-27-12-10-23(15)8-9-23/h4-7,13,15,27H,1-3,8-12,14H2,(H2,28,29,30,31). The Balaban J connectivity index is 1.27. The van der Waals surface area contributed by atoms with Crippen molar-refractivity contribution in [2.45, 2.75) is 38.5 Å². The van der Waals surface area contributed by atoms with Crippen molar-refractivity contribution >= 4 is 51.7 Å². The van der Waals surface area contributed by atoms with E-state index >= 15 is 0 Å². The largest absolute Gasteiger partial charge is 0.369 e. The second-order valence-corrected chi connectivity index (χ2v) is 10.1. The van der Waals surface area contributed by atoms with E-state index in [0.717, 1.165) is 34.3 Å². The molecular weight excluding hydrogens is 530 g/mol. The number of benzene rings is 1. The lowest BCUT2D eigenvalue weighted by Gasteiger charge is -2.32. The molecule has 5 nitrogen and oxygen atoms in total. The molecule has 1 spiro atoms. The molecule has 31 heavy (non-hydrogen) atoms. The van der Waals surface area contributed by atoms with Gasteiger partial charge in [-0.15, -0.1) is 0 Å². The van der Waals surface area contributed by atoms with Gasteiger partial charge in [0.2, 0.25) is 0 Å². The number of nitrogens with zero attached hydrogens (tertiary/aromatic N) is 1. The minimum absolute atomic E-state index is 0.0649. The van der Waals surface area contributed by atoms with Gasteiger partial charge >= 0.3 is 0 Å². The third-order valence-corrected chi connectivity index (χ3v) is 7.59. The van der Waals surface area contributed by atoms with Gasteiger partial charge in [0.25, 0.3) is 5.91 Å². The van der Waals surface area contributed by atoms with Crippen molar-refractivity contribution in [2.75, 3.05) is 30.3 Å². The summed E-state index contributed by atoms with van der Waals surface area (Å²) in [4.78, 5) is 16.9. The zero-order chi connectivity index (χ0) is 21.8. The van der Waals surface area contributed by atoms with Gasteiger partial charge < -0.3 is 16.0 Å². The second-order valence-electron chi connectivity index (χ2n) is 8.54. The van der Waals surface area contributed by atoms with Crippen LogP contribution in [0.5, 0.6) is 0 Å². The molecule has 1 aliphatic heterocycles. The van der Waals surface area contributed by atoms with Gasteiger partial charge in [0.15, 0.2) is 0 Å². The molecule has 3 N–H and O–H groups in total. The molecule has 1 saturated heterocycles. The Hall–Kier alpha value is -1.45. The molecule has 1 unspecified atom stereocenters. The smallest absolute Gasteiger partial charge is 0.259 e. The number of amides is 1. The van der Waals surface area contributed by atoms with Crippen LogP contribution in [0.1, 0.15) is 48.9 Å². The van der Waals surface area contributed by atoms with E-state index in [0.29, 0.717) is 11.2 Å². The lowest BCUT2D eigenvalue weighted by atomic mass is 9.80. The summed E-state index contributed by atoms with van der Waals surface area (Å²) in [5, 5.41) is 9.85. The molecule has 2 fully saturated rings. The minimum atomic E-state index is -0.657. The number of aromatic nitrogens is 1. The number of unbranched alkanes of at least 4 members (excludes halogenated alkanes) is 1. The van der Waals surface area contributed by atoms with Crippen molar-refractivity contribution < 1.29 is 9.18 Å². The van der Waals surface area contributed by atoms with Crippen molar-refractivity contribution in [2.24, 2.45) is 11.3 Å². The first-order valence-corrected chi connectivity index (χ1v) is 12.3. The number of halogens is 3. The normalized spacial score (nSPS) is 19.3. The van der Waals surface area contributed by atoms with E-state index in [2.05, 4.69) is 43.5 Å². The van der Waals surface area contributed by atoms with Crippen LogP contribution in [0.3, 0.4) is 0 Å². The zero-order valence-corrected chi connectivity index (χ0v) is 20.2. The molecule has 8 heteroatoms. The third kappa shape index (κ3) is 5.68. The molecule has 2 aromatic rings. The topological polar surface area (TPSA) is 66.1 Å². The van der Waals surface area contributed by atoms with Crippen LogP contribution in [0.15, 0.2) is 30.3 Å². The summed E-state index contributed by atoms with van der Waals surface area (Å²) in [5.74, 6) is 0.726. The molecular formula is C23H27ClFIN4O. The minimum Gasteiger partial charge on any atom is -0.369 e. The van der Waals surface area contributed by atoms with Crippen LogP contribution in [0.4, 0.5) is 16.0 Å². The highest BCUT2D eigenvalue weighted by atomic mass is 127. The van der Waals surface area contributed by atoms with Crippen molar-refractivity contribution in [3.8, 4) is 0 Å². The summed E-state index contributed by atoms with van der Waals surface area (Å²) < 4.78 is 15.0. The van der Waals surface area contributed by atoms with Crippen LogP contribution in [0, 0.1) is 20.7 Å². The Morgan fingerprint density at radius 2 is 2.10 bits per heavy atom. The molecule has 4 rings (SSSR count). The maximum atomic E-state index is 14.0. The van der Waals surface area contributed by atoms with E-state index in [1.165, 1.54) is 57.3 Å². The van der Waals surface area contributed by atoms with Crippen LogP contribution >= 0.6 is 34.2 Å². The predicted molar refractivity (Wildman–Crippen MR) is 131 cm³/mol. The molecule has 2 aliphatic rings. The van der Waals surface area contributed by atoms with E-state index < -0.39 is 11.7 Å². The number of rotatable bonds is 8. The van der Waals surface area contributed by atoms with E-state index in [1.54, 1.807) is 6.07 Å². The van der Waals surface area contributed by atoms with E-state index in [9.17, 15) is 9.18 Å². The molecule has 2 heterocycles. The number of hydrogen-bond acceptors (Lipinski definition) is 4. The molecule has 1 aliphatic carbocycles. The van der Waals surface area contributed by atoms with Crippen molar-refractivity contribution in [1.82, 2.24) is 10.3 Å². The fourth-order valence-corrected chi connectivity index (χ4v) is 5.13. The zero-order valence-electron chi connectivity index (χ0n) is 17.3. The van der Waals surface area contributed by atoms with E-state index in [4.69, 9.17) is 11.6 Å². The van der Waals surface area contributed by atoms with Crippen LogP contribution in [-0.2, 0) is 0 Å². The molecule has 166 valence electrons. The number of anilines is 2. The van der Waals surface area contributed by atoms with Gasteiger partial charge in [0.1, 0.15) is 17.5 Å². The molecule has 1 aromatic heterocycles. The van der Waals surface area contributed by atoms with Gasteiger partial charge in [-0.25, -0.2) is 9.37 Å². The average molecular weight is 557 g/mol. The fourth-order valence-electron chi connectivity index (χ4n) is 4.48. The van der Waals surface area contributed by atoms with Crippen LogP contribution in [0.2, 0.25) is 5.02 Å². The first kappa shape index (κ1) is 22.7. The maximum Gasteiger partial charge on any atom is 0.259 e. The Morgan fingerprint density at radius 1 is 1.26 bits per heavy atom. The summed E-state index contributed by atoms with van der Waals surface area (Å²) in [6, 6.07) is 7.58. The molecule has 0 radical (unpaired) electrons. The Morgan fingerprint density at radius 3 is 2.87 bits per heavy atom. The van der Waals surface area contributed by atoms with E-state index in [1.807, 2.05) is 6.07 Å². The number of piperidine rings is 1. The highest BCUT2D eigenvalue weighted by molar-refractivity contribution is 14.1. The fraction of sp³-hybridized carbons (Fsp3) is 0.478. The molecule has 1 aromatic carbocycles. The molecule has 1 saturated carbocycles. The van der Waals surface area contributed by atoms with Crippen molar-refractivity contribution in [3.05, 3.63) is 50.3 Å². The number of pyridine rings is 1. The van der Waals surface area contributed by atoms with Gasteiger partial charge in [-0.2, -0.15) is 0 Å². The summed E-state index contributed by atoms with van der Waals surface area (Å²) >= 11 is 7.98. The SMILES string of the molecule is O=C(Nc1ccc(I)c(NCCCCC2CNCCC23CC3)n1)c1ccc(Cl)cc1F. The van der Waals surface area contributed by atoms with Gasteiger partial charge in [0.05, 0.1) is 9.13 Å². The highest BCUT2D eigenvalue weighted by Gasteiger charge is 2.49. The van der Waals surface area contributed by atoms with Crippen LogP contribution in [0.25, 0.3) is 0 Å². The first-order valence-electron chi connectivity index (χ1n) is 10.8. The monoisotopic (exact) mass is 556 g/mol. The molecule has 1 amide bonds. The van der Waals surface area contributed by atoms with Crippen LogP contribution in [-0.4, -0.2) is 30.5 Å². The predicted octanol–water partition coefficient (Wildman–Crippen LogP) is 5.70. The van der Waals surface area contributed by atoms with Crippen molar-refractivity contribution in [1.29, 1.82) is 0 Å². The lowest BCUT2D eigenvalue weighted by molar-refractivity contribution is 0.102. The van der Waals surface area contributed by atoms with Gasteiger partial charge in [-0.05, 0) is 109 Å². The Kier molecular flexibility index (Phi) is 7.33. The molecule has 0 bridgehead atoms. The van der Waals surface area contributed by atoms with Crippen molar-refractivity contribution in [3.63, 3.8) is 0 Å².